The number of rotatable bonds is 3. The summed E-state index contributed by atoms with van der Waals surface area (Å²) in [6.45, 7) is 1.97. The van der Waals surface area contributed by atoms with Gasteiger partial charge in [0, 0.05) is 16.2 Å². The summed E-state index contributed by atoms with van der Waals surface area (Å²) >= 11 is 3.36. The average molecular weight is 290 g/mol. The number of aromatic nitrogens is 1. The summed E-state index contributed by atoms with van der Waals surface area (Å²) in [5, 5.41) is 0. The molecule has 0 unspecified atom stereocenters. The number of pyridine rings is 1. The molecule has 2 rings (SSSR count). The van der Waals surface area contributed by atoms with Crippen LogP contribution in [0.5, 0.6) is 0 Å². The molecule has 3 heteroatoms. The molecule has 0 saturated heterocycles. The molecule has 2 nitrogen and oxygen atoms in total. The zero-order chi connectivity index (χ0) is 12.3. The van der Waals surface area contributed by atoms with E-state index in [-0.39, 0.29) is 5.78 Å². The van der Waals surface area contributed by atoms with Gasteiger partial charge in [-0.15, -0.1) is 0 Å². The number of ketones is 1. The van der Waals surface area contributed by atoms with Gasteiger partial charge >= 0.3 is 0 Å². The summed E-state index contributed by atoms with van der Waals surface area (Å²) in [4.78, 5) is 16.3. The molecule has 1 aromatic carbocycles. The van der Waals surface area contributed by atoms with Crippen molar-refractivity contribution in [2.75, 3.05) is 0 Å². The number of benzene rings is 1. The monoisotopic (exact) mass is 289 g/mol. The van der Waals surface area contributed by atoms with Crippen LogP contribution in [0.1, 0.15) is 21.6 Å². The van der Waals surface area contributed by atoms with E-state index in [0.717, 1.165) is 15.7 Å². The Morgan fingerprint density at radius 2 is 2.12 bits per heavy atom. The van der Waals surface area contributed by atoms with Crippen molar-refractivity contribution < 1.29 is 4.79 Å². The Labute approximate surface area is 109 Å². The SMILES string of the molecule is Cc1cccnc1CC(=O)c1cccc(Br)c1. The molecule has 17 heavy (non-hydrogen) atoms. The first-order valence-electron chi connectivity index (χ1n) is 5.36. The molecule has 0 aliphatic rings. The molecule has 2 aromatic rings. The molecule has 0 aliphatic heterocycles. The number of carbonyl (C=O) groups excluding carboxylic acids is 1. The second-order valence-corrected chi connectivity index (χ2v) is 4.79. The molecule has 0 fully saturated rings. The van der Waals surface area contributed by atoms with Crippen LogP contribution in [0, 0.1) is 6.92 Å². The van der Waals surface area contributed by atoms with Crippen LogP contribution in [0.4, 0.5) is 0 Å². The van der Waals surface area contributed by atoms with Crippen molar-refractivity contribution in [3.63, 3.8) is 0 Å². The van der Waals surface area contributed by atoms with Crippen LogP contribution >= 0.6 is 15.9 Å². The molecule has 0 bridgehead atoms. The van der Waals surface area contributed by atoms with Gasteiger partial charge in [0.15, 0.2) is 5.78 Å². The van der Waals surface area contributed by atoms with Crippen LogP contribution in [0.3, 0.4) is 0 Å². The van der Waals surface area contributed by atoms with Crippen molar-refractivity contribution in [2.24, 2.45) is 0 Å². The molecule has 0 amide bonds. The van der Waals surface area contributed by atoms with Crippen molar-refractivity contribution in [1.82, 2.24) is 4.98 Å². The predicted molar refractivity (Wildman–Crippen MR) is 71.2 cm³/mol. The van der Waals surface area contributed by atoms with Crippen molar-refractivity contribution in [3.8, 4) is 0 Å². The minimum atomic E-state index is 0.0908. The van der Waals surface area contributed by atoms with E-state index in [0.29, 0.717) is 12.0 Å². The van der Waals surface area contributed by atoms with Crippen LogP contribution in [0.15, 0.2) is 47.1 Å². The molecule has 0 N–H and O–H groups in total. The molecule has 0 radical (unpaired) electrons. The van der Waals surface area contributed by atoms with Gasteiger partial charge in [-0.25, -0.2) is 0 Å². The highest BCUT2D eigenvalue weighted by Crippen LogP contribution is 2.14. The molecule has 0 aliphatic carbocycles. The number of hydrogen-bond acceptors (Lipinski definition) is 2. The Bertz CT molecular complexity index is 551. The van der Waals surface area contributed by atoms with Gasteiger partial charge < -0.3 is 0 Å². The fraction of sp³-hybridized carbons (Fsp3) is 0.143. The quantitative estimate of drug-likeness (QED) is 0.809. The van der Waals surface area contributed by atoms with Gasteiger partial charge in [0.1, 0.15) is 0 Å². The zero-order valence-corrected chi connectivity index (χ0v) is 11.1. The maximum atomic E-state index is 12.1. The Kier molecular flexibility index (Phi) is 3.69. The van der Waals surface area contributed by atoms with Crippen molar-refractivity contribution >= 4 is 21.7 Å². The third kappa shape index (κ3) is 3.01. The Morgan fingerprint density at radius 3 is 2.82 bits per heavy atom. The highest BCUT2D eigenvalue weighted by atomic mass is 79.9. The van der Waals surface area contributed by atoms with Gasteiger partial charge in [0.25, 0.3) is 0 Å². The van der Waals surface area contributed by atoms with Crippen LogP contribution in [-0.2, 0) is 6.42 Å². The summed E-state index contributed by atoms with van der Waals surface area (Å²) in [5.74, 6) is 0.0908. The molecule has 0 spiro atoms. The second-order valence-electron chi connectivity index (χ2n) is 3.88. The van der Waals surface area contributed by atoms with Gasteiger partial charge in [-0.2, -0.15) is 0 Å². The zero-order valence-electron chi connectivity index (χ0n) is 9.48. The summed E-state index contributed by atoms with van der Waals surface area (Å²) in [5.41, 5.74) is 2.61. The van der Waals surface area contributed by atoms with E-state index in [1.54, 1.807) is 6.20 Å². The summed E-state index contributed by atoms with van der Waals surface area (Å²) < 4.78 is 0.918. The van der Waals surface area contributed by atoms with E-state index >= 15 is 0 Å². The Balaban J connectivity index is 2.20. The van der Waals surface area contributed by atoms with Crippen LogP contribution in [0.25, 0.3) is 0 Å². The molecular formula is C14H12BrNO. The molecular weight excluding hydrogens is 278 g/mol. The highest BCUT2D eigenvalue weighted by Gasteiger charge is 2.09. The fourth-order valence-electron chi connectivity index (χ4n) is 1.62. The van der Waals surface area contributed by atoms with Crippen molar-refractivity contribution in [2.45, 2.75) is 13.3 Å². The lowest BCUT2D eigenvalue weighted by molar-refractivity contribution is 0.0991. The number of nitrogens with zero attached hydrogens (tertiary/aromatic N) is 1. The third-order valence-electron chi connectivity index (χ3n) is 2.59. The number of hydrogen-bond donors (Lipinski definition) is 0. The largest absolute Gasteiger partial charge is 0.294 e. The lowest BCUT2D eigenvalue weighted by atomic mass is 10.0. The second kappa shape index (κ2) is 5.23. The van der Waals surface area contributed by atoms with E-state index in [1.165, 1.54) is 0 Å². The van der Waals surface area contributed by atoms with E-state index < -0.39 is 0 Å². The van der Waals surface area contributed by atoms with Gasteiger partial charge in [0.05, 0.1) is 12.1 Å². The van der Waals surface area contributed by atoms with Gasteiger partial charge in [0.2, 0.25) is 0 Å². The van der Waals surface area contributed by atoms with Gasteiger partial charge in [-0.1, -0.05) is 34.1 Å². The molecule has 0 saturated carbocycles. The summed E-state index contributed by atoms with van der Waals surface area (Å²) in [6, 6.07) is 11.3. The van der Waals surface area contributed by atoms with E-state index in [4.69, 9.17) is 0 Å². The van der Waals surface area contributed by atoms with Gasteiger partial charge in [-0.05, 0) is 30.7 Å². The fourth-order valence-corrected chi connectivity index (χ4v) is 2.02. The van der Waals surface area contributed by atoms with Crippen molar-refractivity contribution in [1.29, 1.82) is 0 Å². The Morgan fingerprint density at radius 1 is 1.29 bits per heavy atom. The number of halogens is 1. The Hall–Kier alpha value is -1.48. The maximum absolute atomic E-state index is 12.1. The topological polar surface area (TPSA) is 30.0 Å². The maximum Gasteiger partial charge on any atom is 0.168 e. The lowest BCUT2D eigenvalue weighted by Crippen LogP contribution is -2.06. The molecule has 1 heterocycles. The summed E-state index contributed by atoms with van der Waals surface area (Å²) in [7, 11) is 0. The first-order chi connectivity index (χ1) is 8.16. The first-order valence-corrected chi connectivity index (χ1v) is 6.15. The molecule has 0 atom stereocenters. The van der Waals surface area contributed by atoms with E-state index in [2.05, 4.69) is 20.9 Å². The minimum Gasteiger partial charge on any atom is -0.294 e. The first kappa shape index (κ1) is 12.0. The average Bonchev–Trinajstić information content (AvgIpc) is 2.32. The van der Waals surface area contributed by atoms with E-state index in [1.807, 2.05) is 43.3 Å². The van der Waals surface area contributed by atoms with E-state index in [9.17, 15) is 4.79 Å². The normalized spacial score (nSPS) is 10.2. The van der Waals surface area contributed by atoms with Crippen LogP contribution in [0.2, 0.25) is 0 Å². The minimum absolute atomic E-state index is 0.0908. The predicted octanol–water partition coefficient (Wildman–Crippen LogP) is 3.58. The number of carbonyl (C=O) groups is 1. The smallest absolute Gasteiger partial charge is 0.168 e. The summed E-state index contributed by atoms with van der Waals surface area (Å²) in [6.07, 6.45) is 2.07. The molecule has 86 valence electrons. The number of Topliss-reactive ketones (excluding diaryl/α,β-unsaturated/α-hetero) is 1. The van der Waals surface area contributed by atoms with Gasteiger partial charge in [-0.3, -0.25) is 9.78 Å². The van der Waals surface area contributed by atoms with Crippen molar-refractivity contribution in [3.05, 3.63) is 63.9 Å². The molecule has 1 aromatic heterocycles. The van der Waals surface area contributed by atoms with Crippen LogP contribution < -0.4 is 0 Å². The third-order valence-corrected chi connectivity index (χ3v) is 3.09. The standard InChI is InChI=1S/C14H12BrNO/c1-10-4-3-7-16-13(10)9-14(17)11-5-2-6-12(15)8-11/h2-8H,9H2,1H3. The van der Waals surface area contributed by atoms with Crippen LogP contribution in [-0.4, -0.2) is 10.8 Å². The highest BCUT2D eigenvalue weighted by molar-refractivity contribution is 9.10. The lowest BCUT2D eigenvalue weighted by Gasteiger charge is -2.04. The number of aryl methyl sites for hydroxylation is 1.